The number of ether oxygens (including phenoxy) is 1. The Bertz CT molecular complexity index is 540. The van der Waals surface area contributed by atoms with Crippen LogP contribution < -0.4 is 16.1 Å². The topological polar surface area (TPSA) is 57.0 Å². The average molecular weight is 304 g/mol. The second-order valence-corrected chi connectivity index (χ2v) is 7.01. The van der Waals surface area contributed by atoms with E-state index in [1.165, 1.54) is 0 Å². The third-order valence-electron chi connectivity index (χ3n) is 4.93. The molecule has 0 spiro atoms. The summed E-state index contributed by atoms with van der Waals surface area (Å²) >= 11 is 0. The van der Waals surface area contributed by atoms with E-state index in [2.05, 4.69) is 38.7 Å². The quantitative estimate of drug-likeness (QED) is 0.661. The summed E-state index contributed by atoms with van der Waals surface area (Å²) in [5.74, 6) is 0. The van der Waals surface area contributed by atoms with Crippen molar-refractivity contribution >= 4 is 24.0 Å². The van der Waals surface area contributed by atoms with Crippen molar-refractivity contribution in [2.45, 2.75) is 38.9 Å². The number of morpholine rings is 1. The number of hydrogen-bond donors (Lipinski definition) is 1. The minimum atomic E-state index is -0.369. The Morgan fingerprint density at radius 1 is 1.05 bits per heavy atom. The second kappa shape index (κ2) is 5.44. The lowest BCUT2D eigenvalue weighted by Crippen LogP contribution is -2.41. The standard InChI is InChI=1S/C16H25BN2O3/c1-15(2)16(3,4)22-17(21-15)12-5-6-14(13(18)11-12)19-7-9-20-10-8-19/h5-6,11H,7-10,18H2,1-4H3. The highest BCUT2D eigenvalue weighted by molar-refractivity contribution is 6.62. The Hall–Kier alpha value is -1.24. The molecular weight excluding hydrogens is 279 g/mol. The molecule has 2 saturated heterocycles. The highest BCUT2D eigenvalue weighted by atomic mass is 16.7. The molecule has 2 fully saturated rings. The zero-order valence-corrected chi connectivity index (χ0v) is 13.9. The van der Waals surface area contributed by atoms with E-state index in [0.717, 1.165) is 43.1 Å². The fourth-order valence-corrected chi connectivity index (χ4v) is 2.79. The molecule has 5 nitrogen and oxygen atoms in total. The maximum Gasteiger partial charge on any atom is 0.494 e. The highest BCUT2D eigenvalue weighted by Gasteiger charge is 2.51. The number of rotatable bonds is 2. The first kappa shape index (κ1) is 15.7. The van der Waals surface area contributed by atoms with Gasteiger partial charge in [0.15, 0.2) is 0 Å². The number of nitrogen functional groups attached to an aromatic ring is 1. The smallest absolute Gasteiger partial charge is 0.399 e. The van der Waals surface area contributed by atoms with Gasteiger partial charge in [-0.25, -0.2) is 0 Å². The van der Waals surface area contributed by atoms with Crippen LogP contribution in [0.5, 0.6) is 0 Å². The summed E-state index contributed by atoms with van der Waals surface area (Å²) in [6.45, 7) is 11.5. The van der Waals surface area contributed by atoms with E-state index in [-0.39, 0.29) is 18.3 Å². The lowest BCUT2D eigenvalue weighted by molar-refractivity contribution is 0.00578. The molecule has 0 bridgehead atoms. The SMILES string of the molecule is CC1(C)OB(c2ccc(N3CCOCC3)c(N)c2)OC1(C)C. The molecule has 2 N–H and O–H groups in total. The zero-order chi connectivity index (χ0) is 16.0. The van der Waals surface area contributed by atoms with Crippen LogP contribution in [-0.4, -0.2) is 44.6 Å². The summed E-state index contributed by atoms with van der Waals surface area (Å²) < 4.78 is 17.5. The van der Waals surface area contributed by atoms with Crippen molar-refractivity contribution in [2.75, 3.05) is 36.9 Å². The first-order valence-electron chi connectivity index (χ1n) is 7.88. The predicted molar refractivity (Wildman–Crippen MR) is 89.6 cm³/mol. The summed E-state index contributed by atoms with van der Waals surface area (Å²) in [5.41, 5.74) is 8.37. The van der Waals surface area contributed by atoms with E-state index in [1.807, 2.05) is 12.1 Å². The normalized spacial score (nSPS) is 23.8. The number of benzene rings is 1. The van der Waals surface area contributed by atoms with Crippen LogP contribution in [0.2, 0.25) is 0 Å². The van der Waals surface area contributed by atoms with Gasteiger partial charge in [-0.3, -0.25) is 0 Å². The van der Waals surface area contributed by atoms with E-state index < -0.39 is 0 Å². The molecule has 6 heteroatoms. The lowest BCUT2D eigenvalue weighted by Gasteiger charge is -2.32. The third-order valence-corrected chi connectivity index (χ3v) is 4.93. The Balaban J connectivity index is 1.81. The van der Waals surface area contributed by atoms with Crippen LogP contribution in [0.15, 0.2) is 18.2 Å². The molecule has 120 valence electrons. The van der Waals surface area contributed by atoms with Crippen molar-refractivity contribution in [3.05, 3.63) is 18.2 Å². The van der Waals surface area contributed by atoms with Gasteiger partial charge in [0.1, 0.15) is 0 Å². The van der Waals surface area contributed by atoms with Crippen LogP contribution in [-0.2, 0) is 14.0 Å². The third kappa shape index (κ3) is 2.71. The molecule has 2 aliphatic rings. The molecular formula is C16H25BN2O3. The van der Waals surface area contributed by atoms with Gasteiger partial charge in [0.25, 0.3) is 0 Å². The molecule has 1 aromatic rings. The largest absolute Gasteiger partial charge is 0.494 e. The summed E-state index contributed by atoms with van der Waals surface area (Å²) in [5, 5.41) is 0. The van der Waals surface area contributed by atoms with E-state index in [9.17, 15) is 0 Å². The van der Waals surface area contributed by atoms with Gasteiger partial charge in [0, 0.05) is 13.1 Å². The van der Waals surface area contributed by atoms with Gasteiger partial charge in [-0.05, 0) is 45.3 Å². The molecule has 1 aromatic carbocycles. The zero-order valence-electron chi connectivity index (χ0n) is 13.9. The van der Waals surface area contributed by atoms with Gasteiger partial charge in [0.05, 0.1) is 35.8 Å². The fourth-order valence-electron chi connectivity index (χ4n) is 2.79. The number of anilines is 2. The Morgan fingerprint density at radius 2 is 1.64 bits per heavy atom. The van der Waals surface area contributed by atoms with Crippen LogP contribution in [0.3, 0.4) is 0 Å². The maximum absolute atomic E-state index is 6.26. The maximum atomic E-state index is 6.26. The van der Waals surface area contributed by atoms with Gasteiger partial charge in [0.2, 0.25) is 0 Å². The molecule has 3 rings (SSSR count). The van der Waals surface area contributed by atoms with Crippen molar-refractivity contribution in [3.8, 4) is 0 Å². The molecule has 0 saturated carbocycles. The van der Waals surface area contributed by atoms with E-state index in [0.29, 0.717) is 0 Å². The molecule has 0 aliphatic carbocycles. The minimum absolute atomic E-state index is 0.338. The molecule has 2 heterocycles. The van der Waals surface area contributed by atoms with Gasteiger partial charge >= 0.3 is 7.12 Å². The van der Waals surface area contributed by atoms with Crippen molar-refractivity contribution in [2.24, 2.45) is 0 Å². The molecule has 0 amide bonds. The summed E-state index contributed by atoms with van der Waals surface area (Å²) in [6, 6.07) is 6.07. The Labute approximate surface area is 132 Å². The lowest BCUT2D eigenvalue weighted by atomic mass is 9.78. The van der Waals surface area contributed by atoms with Gasteiger partial charge in [-0.1, -0.05) is 6.07 Å². The number of hydrogen-bond acceptors (Lipinski definition) is 5. The molecule has 0 unspecified atom stereocenters. The fraction of sp³-hybridized carbons (Fsp3) is 0.625. The average Bonchev–Trinajstić information content (AvgIpc) is 2.68. The van der Waals surface area contributed by atoms with Crippen LogP contribution in [0, 0.1) is 0 Å². The van der Waals surface area contributed by atoms with Crippen LogP contribution >= 0.6 is 0 Å². The minimum Gasteiger partial charge on any atom is -0.399 e. The molecule has 22 heavy (non-hydrogen) atoms. The van der Waals surface area contributed by atoms with E-state index >= 15 is 0 Å². The van der Waals surface area contributed by atoms with Crippen LogP contribution in [0.25, 0.3) is 0 Å². The summed E-state index contributed by atoms with van der Waals surface area (Å²) in [6.07, 6.45) is 0. The van der Waals surface area contributed by atoms with Gasteiger partial charge in [-0.2, -0.15) is 0 Å². The van der Waals surface area contributed by atoms with Gasteiger partial charge in [-0.15, -0.1) is 0 Å². The van der Waals surface area contributed by atoms with Crippen molar-refractivity contribution in [1.29, 1.82) is 0 Å². The van der Waals surface area contributed by atoms with E-state index in [4.69, 9.17) is 19.8 Å². The van der Waals surface area contributed by atoms with Crippen molar-refractivity contribution in [3.63, 3.8) is 0 Å². The molecule has 2 aliphatic heterocycles. The second-order valence-electron chi connectivity index (χ2n) is 7.01. The first-order valence-corrected chi connectivity index (χ1v) is 7.88. The van der Waals surface area contributed by atoms with Crippen molar-refractivity contribution in [1.82, 2.24) is 0 Å². The Morgan fingerprint density at radius 3 is 2.18 bits per heavy atom. The van der Waals surface area contributed by atoms with E-state index in [1.54, 1.807) is 0 Å². The monoisotopic (exact) mass is 304 g/mol. The van der Waals surface area contributed by atoms with Crippen molar-refractivity contribution < 1.29 is 14.0 Å². The summed E-state index contributed by atoms with van der Waals surface area (Å²) in [4.78, 5) is 2.26. The molecule has 0 atom stereocenters. The summed E-state index contributed by atoms with van der Waals surface area (Å²) in [7, 11) is -0.369. The van der Waals surface area contributed by atoms with Gasteiger partial charge < -0.3 is 24.7 Å². The van der Waals surface area contributed by atoms with Crippen LogP contribution in [0.1, 0.15) is 27.7 Å². The highest BCUT2D eigenvalue weighted by Crippen LogP contribution is 2.36. The first-order chi connectivity index (χ1) is 10.3. The number of nitrogens with two attached hydrogens (primary N) is 1. The Kier molecular flexibility index (Phi) is 3.87. The van der Waals surface area contributed by atoms with Crippen LogP contribution in [0.4, 0.5) is 11.4 Å². The molecule has 0 aromatic heterocycles. The number of nitrogens with zero attached hydrogens (tertiary/aromatic N) is 1. The predicted octanol–water partition coefficient (Wildman–Crippen LogP) is 1.40. The molecule has 0 radical (unpaired) electrons.